The highest BCUT2D eigenvalue weighted by Gasteiger charge is 2.24. The van der Waals surface area contributed by atoms with Crippen LogP contribution in [0.25, 0.3) is 10.8 Å². The van der Waals surface area contributed by atoms with Crippen LogP contribution in [0.1, 0.15) is 44.8 Å². The maximum atomic E-state index is 13.3. The maximum absolute atomic E-state index is 13.3. The van der Waals surface area contributed by atoms with Crippen molar-refractivity contribution in [2.75, 3.05) is 0 Å². The Bertz CT molecular complexity index is 1360. The number of aromatic nitrogens is 1. The lowest BCUT2D eigenvalue weighted by Crippen LogP contribution is -2.11. The molecule has 0 aliphatic rings. The fraction of sp³-hybridized carbons (Fsp3) is 0.125. The van der Waals surface area contributed by atoms with Gasteiger partial charge in [0.2, 0.25) is 0 Å². The third kappa shape index (κ3) is 3.88. The second-order valence-electron chi connectivity index (χ2n) is 7.35. The highest BCUT2D eigenvalue weighted by atomic mass is 32.1. The smallest absolute Gasteiger partial charge is 0.253 e. The summed E-state index contributed by atoms with van der Waals surface area (Å²) < 4.78 is 4.11. The molecule has 7 nitrogen and oxygen atoms in total. The van der Waals surface area contributed by atoms with E-state index in [1.165, 1.54) is 0 Å². The Morgan fingerprint density at radius 3 is 2.47 bits per heavy atom. The van der Waals surface area contributed by atoms with Gasteiger partial charge in [0.25, 0.3) is 5.91 Å². The van der Waals surface area contributed by atoms with Gasteiger partial charge in [-0.3, -0.25) is 9.59 Å². The van der Waals surface area contributed by atoms with Gasteiger partial charge in [0.05, 0.1) is 11.3 Å². The third-order valence-corrected chi connectivity index (χ3v) is 6.11. The molecule has 1 amide bonds. The Morgan fingerprint density at radius 1 is 1.06 bits per heavy atom. The van der Waals surface area contributed by atoms with Crippen molar-refractivity contribution in [2.24, 2.45) is 16.0 Å². The zero-order valence-corrected chi connectivity index (χ0v) is 18.3. The van der Waals surface area contributed by atoms with E-state index >= 15 is 0 Å². The monoisotopic (exact) mass is 444 g/mol. The molecule has 1 atom stereocenters. The SMILES string of the molecule is Cc1nsc(/N=N/c2c(O)c(C(=O)C(C)c3ccccc3)cc3ccccc23)c1C(N)=O. The van der Waals surface area contributed by atoms with Crippen molar-refractivity contribution in [2.45, 2.75) is 19.8 Å². The van der Waals surface area contributed by atoms with E-state index in [2.05, 4.69) is 14.6 Å². The van der Waals surface area contributed by atoms with Crippen LogP contribution >= 0.6 is 11.5 Å². The van der Waals surface area contributed by atoms with Gasteiger partial charge >= 0.3 is 0 Å². The van der Waals surface area contributed by atoms with Crippen molar-refractivity contribution >= 4 is 44.7 Å². The number of carbonyl (C=O) groups is 2. The molecule has 0 spiro atoms. The van der Waals surface area contributed by atoms with E-state index in [4.69, 9.17) is 5.73 Å². The number of rotatable bonds is 6. The lowest BCUT2D eigenvalue weighted by molar-refractivity contribution is 0.0962. The number of ketones is 1. The summed E-state index contributed by atoms with van der Waals surface area (Å²) in [6.07, 6.45) is 0. The second kappa shape index (κ2) is 8.68. The molecular weight excluding hydrogens is 424 g/mol. The van der Waals surface area contributed by atoms with E-state index in [0.29, 0.717) is 11.1 Å². The lowest BCUT2D eigenvalue weighted by Gasteiger charge is -2.14. The van der Waals surface area contributed by atoms with Crippen LogP contribution in [0, 0.1) is 6.92 Å². The molecule has 3 aromatic carbocycles. The van der Waals surface area contributed by atoms with E-state index in [0.717, 1.165) is 22.5 Å². The minimum absolute atomic E-state index is 0.146. The first kappa shape index (κ1) is 21.3. The summed E-state index contributed by atoms with van der Waals surface area (Å²) in [5.41, 5.74) is 7.24. The van der Waals surface area contributed by atoms with Gasteiger partial charge in [0, 0.05) is 11.3 Å². The third-order valence-electron chi connectivity index (χ3n) is 5.29. The number of carbonyl (C=O) groups excluding carboxylic acids is 2. The zero-order chi connectivity index (χ0) is 22.8. The van der Waals surface area contributed by atoms with Crippen LogP contribution in [0.15, 0.2) is 70.9 Å². The molecule has 0 bridgehead atoms. The van der Waals surface area contributed by atoms with Gasteiger partial charge < -0.3 is 10.8 Å². The first-order valence-corrected chi connectivity index (χ1v) is 10.7. The summed E-state index contributed by atoms with van der Waals surface area (Å²) in [4.78, 5) is 25.0. The molecular formula is C24H20N4O3S. The molecule has 3 N–H and O–H groups in total. The largest absolute Gasteiger partial charge is 0.505 e. The first-order chi connectivity index (χ1) is 15.4. The molecule has 160 valence electrons. The predicted molar refractivity (Wildman–Crippen MR) is 124 cm³/mol. The number of phenols is 1. The van der Waals surface area contributed by atoms with E-state index in [1.54, 1.807) is 32.0 Å². The number of amides is 1. The number of phenolic OH excluding ortho intramolecular Hbond substituents is 1. The van der Waals surface area contributed by atoms with Crippen molar-refractivity contribution in [3.63, 3.8) is 0 Å². The van der Waals surface area contributed by atoms with Gasteiger partial charge in [-0.15, -0.1) is 10.2 Å². The molecule has 1 unspecified atom stereocenters. The number of aryl methyl sites for hydroxylation is 1. The summed E-state index contributed by atoms with van der Waals surface area (Å²) in [6.45, 7) is 3.46. The van der Waals surface area contributed by atoms with Crippen molar-refractivity contribution < 1.29 is 14.7 Å². The predicted octanol–water partition coefficient (Wildman–Crippen LogP) is 5.81. The number of nitrogens with zero attached hydrogens (tertiary/aromatic N) is 3. The van der Waals surface area contributed by atoms with E-state index in [-0.39, 0.29) is 33.3 Å². The molecule has 1 aromatic heterocycles. The normalized spacial score (nSPS) is 12.3. The van der Waals surface area contributed by atoms with Crippen LogP contribution < -0.4 is 5.73 Å². The molecule has 4 rings (SSSR count). The standard InChI is InChI=1S/C24H20N4O3S/c1-13(15-8-4-3-5-9-15)21(29)18-12-16-10-6-7-11-17(16)20(22(18)30)26-27-24-19(23(25)31)14(2)28-32-24/h3-13,30H,1-2H3,(H2,25,31)/b27-26+. The molecule has 32 heavy (non-hydrogen) atoms. The van der Waals surface area contributed by atoms with Gasteiger partial charge in [-0.2, -0.15) is 4.37 Å². The van der Waals surface area contributed by atoms with Crippen LogP contribution in [0.2, 0.25) is 0 Å². The van der Waals surface area contributed by atoms with Crippen LogP contribution in [-0.2, 0) is 0 Å². The fourth-order valence-electron chi connectivity index (χ4n) is 3.54. The lowest BCUT2D eigenvalue weighted by atomic mass is 9.90. The van der Waals surface area contributed by atoms with Crippen LogP contribution in [0.4, 0.5) is 10.7 Å². The summed E-state index contributed by atoms with van der Waals surface area (Å²) in [5.74, 6) is -1.61. The number of hydrogen-bond acceptors (Lipinski definition) is 7. The Kier molecular flexibility index (Phi) is 5.79. The fourth-order valence-corrected chi connectivity index (χ4v) is 4.27. The highest BCUT2D eigenvalue weighted by Crippen LogP contribution is 2.41. The van der Waals surface area contributed by atoms with Crippen molar-refractivity contribution in [1.29, 1.82) is 0 Å². The van der Waals surface area contributed by atoms with Gasteiger partial charge in [0.15, 0.2) is 16.5 Å². The molecule has 4 aromatic rings. The Labute approximate surface area is 188 Å². The minimum atomic E-state index is -0.653. The molecule has 0 radical (unpaired) electrons. The molecule has 8 heteroatoms. The number of fused-ring (bicyclic) bond motifs is 1. The Balaban J connectivity index is 1.84. The van der Waals surface area contributed by atoms with Crippen molar-refractivity contribution in [1.82, 2.24) is 4.37 Å². The molecule has 0 aliphatic heterocycles. The summed E-state index contributed by atoms with van der Waals surface area (Å²) in [7, 11) is 0. The van der Waals surface area contributed by atoms with Crippen molar-refractivity contribution in [3.8, 4) is 5.75 Å². The zero-order valence-electron chi connectivity index (χ0n) is 17.4. The topological polar surface area (TPSA) is 118 Å². The van der Waals surface area contributed by atoms with E-state index in [1.807, 2.05) is 42.5 Å². The van der Waals surface area contributed by atoms with Gasteiger partial charge in [-0.1, -0.05) is 61.5 Å². The summed E-state index contributed by atoms with van der Waals surface area (Å²) >= 11 is 0.988. The Morgan fingerprint density at radius 2 is 1.75 bits per heavy atom. The number of hydrogen-bond donors (Lipinski definition) is 2. The second-order valence-corrected chi connectivity index (χ2v) is 8.10. The van der Waals surface area contributed by atoms with Crippen molar-refractivity contribution in [3.05, 3.63) is 83.0 Å². The quantitative estimate of drug-likeness (QED) is 0.288. The highest BCUT2D eigenvalue weighted by molar-refractivity contribution is 7.10. The number of azo groups is 1. The molecule has 0 saturated carbocycles. The molecule has 0 fully saturated rings. The van der Waals surface area contributed by atoms with Crippen LogP contribution in [-0.4, -0.2) is 21.2 Å². The van der Waals surface area contributed by atoms with Gasteiger partial charge in [0.1, 0.15) is 11.3 Å². The van der Waals surface area contributed by atoms with Gasteiger partial charge in [-0.25, -0.2) is 0 Å². The average Bonchev–Trinajstić information content (AvgIpc) is 3.18. The van der Waals surface area contributed by atoms with E-state index < -0.39 is 11.8 Å². The number of Topliss-reactive ketones (excluding diaryl/α,β-unsaturated/α-hetero) is 1. The van der Waals surface area contributed by atoms with Crippen LogP contribution in [0.5, 0.6) is 5.75 Å². The van der Waals surface area contributed by atoms with Crippen LogP contribution in [0.3, 0.4) is 0 Å². The first-order valence-electron chi connectivity index (χ1n) is 9.90. The average molecular weight is 445 g/mol. The number of primary amides is 1. The minimum Gasteiger partial charge on any atom is -0.505 e. The summed E-state index contributed by atoms with van der Waals surface area (Å²) in [5, 5.41) is 21.0. The maximum Gasteiger partial charge on any atom is 0.253 e. The summed E-state index contributed by atoms with van der Waals surface area (Å²) in [6, 6.07) is 18.3. The molecule has 1 heterocycles. The molecule has 0 saturated heterocycles. The van der Waals surface area contributed by atoms with E-state index in [9.17, 15) is 14.7 Å². The number of nitrogens with two attached hydrogens (primary N) is 1. The Hall–Kier alpha value is -3.91. The number of benzene rings is 3. The van der Waals surface area contributed by atoms with Gasteiger partial charge in [-0.05, 0) is 35.5 Å². The molecule has 0 aliphatic carbocycles. The number of aromatic hydroxyl groups is 1.